The SMILES string of the molecule is NCc1c(F)ccc(S(=O)(=O)NCc2ncn[nH]2)c1F. The predicted molar refractivity (Wildman–Crippen MR) is 64.7 cm³/mol. The monoisotopic (exact) mass is 303 g/mol. The first-order chi connectivity index (χ1) is 9.45. The minimum absolute atomic E-state index is 0.197. The second kappa shape index (κ2) is 5.61. The van der Waals surface area contributed by atoms with E-state index >= 15 is 0 Å². The summed E-state index contributed by atoms with van der Waals surface area (Å²) in [4.78, 5) is 3.05. The normalized spacial score (nSPS) is 11.8. The Balaban J connectivity index is 2.30. The Labute approximate surface area is 113 Å². The van der Waals surface area contributed by atoms with Gasteiger partial charge in [0.15, 0.2) is 5.82 Å². The zero-order valence-corrected chi connectivity index (χ0v) is 10.9. The number of sulfonamides is 1. The van der Waals surface area contributed by atoms with E-state index < -0.39 is 38.7 Å². The fraction of sp³-hybridized carbons (Fsp3) is 0.200. The minimum atomic E-state index is -4.15. The zero-order valence-electron chi connectivity index (χ0n) is 10.1. The molecule has 10 heteroatoms. The Bertz CT molecular complexity index is 703. The third kappa shape index (κ3) is 2.81. The number of H-pyrrole nitrogens is 1. The van der Waals surface area contributed by atoms with Gasteiger partial charge in [0.25, 0.3) is 0 Å². The molecular weight excluding hydrogens is 292 g/mol. The summed E-state index contributed by atoms with van der Waals surface area (Å²) in [6, 6.07) is 1.70. The van der Waals surface area contributed by atoms with Crippen LogP contribution >= 0.6 is 0 Å². The smallest absolute Gasteiger partial charge is 0.243 e. The van der Waals surface area contributed by atoms with Crippen molar-refractivity contribution >= 4 is 10.0 Å². The van der Waals surface area contributed by atoms with Gasteiger partial charge in [-0.15, -0.1) is 0 Å². The van der Waals surface area contributed by atoms with E-state index in [0.717, 1.165) is 12.1 Å². The van der Waals surface area contributed by atoms with Gasteiger partial charge in [-0.2, -0.15) is 5.10 Å². The summed E-state index contributed by atoms with van der Waals surface area (Å²) in [6.45, 7) is -0.639. The molecule has 0 aliphatic heterocycles. The van der Waals surface area contributed by atoms with Crippen molar-refractivity contribution in [3.05, 3.63) is 41.5 Å². The fourth-order valence-electron chi connectivity index (χ4n) is 1.53. The van der Waals surface area contributed by atoms with Gasteiger partial charge in [-0.1, -0.05) is 0 Å². The average Bonchev–Trinajstić information content (AvgIpc) is 2.90. The number of nitrogens with one attached hydrogen (secondary N) is 2. The van der Waals surface area contributed by atoms with Crippen molar-refractivity contribution in [1.29, 1.82) is 0 Å². The molecule has 0 saturated heterocycles. The highest BCUT2D eigenvalue weighted by Gasteiger charge is 2.23. The van der Waals surface area contributed by atoms with Gasteiger partial charge in [-0.25, -0.2) is 26.9 Å². The first-order valence-electron chi connectivity index (χ1n) is 5.46. The lowest BCUT2D eigenvalue weighted by Crippen LogP contribution is -2.25. The van der Waals surface area contributed by atoms with Gasteiger partial charge in [-0.3, -0.25) is 5.10 Å². The van der Waals surface area contributed by atoms with Crippen molar-refractivity contribution < 1.29 is 17.2 Å². The van der Waals surface area contributed by atoms with Gasteiger partial charge in [-0.05, 0) is 12.1 Å². The van der Waals surface area contributed by atoms with Crippen molar-refractivity contribution in [2.24, 2.45) is 5.73 Å². The molecule has 0 aliphatic rings. The number of hydrogen-bond donors (Lipinski definition) is 3. The Morgan fingerprint density at radius 3 is 2.70 bits per heavy atom. The summed E-state index contributed by atoms with van der Waals surface area (Å²) >= 11 is 0. The quantitative estimate of drug-likeness (QED) is 0.720. The lowest BCUT2D eigenvalue weighted by molar-refractivity contribution is 0.525. The molecular formula is C10H11F2N5O2S. The summed E-state index contributed by atoms with van der Waals surface area (Å²) < 4.78 is 53.2. The molecule has 1 aromatic heterocycles. The molecule has 0 atom stereocenters. The lowest BCUT2D eigenvalue weighted by atomic mass is 10.2. The van der Waals surface area contributed by atoms with E-state index in [1.807, 2.05) is 0 Å². The van der Waals surface area contributed by atoms with Crippen LogP contribution in [0.5, 0.6) is 0 Å². The van der Waals surface area contributed by atoms with Crippen LogP contribution < -0.4 is 10.5 Å². The lowest BCUT2D eigenvalue weighted by Gasteiger charge is -2.09. The maximum atomic E-state index is 13.9. The fourth-order valence-corrected chi connectivity index (χ4v) is 2.62. The van der Waals surface area contributed by atoms with Crippen LogP contribution in [-0.2, 0) is 23.1 Å². The van der Waals surface area contributed by atoms with Crippen molar-refractivity contribution in [2.45, 2.75) is 18.0 Å². The van der Waals surface area contributed by atoms with E-state index in [0.29, 0.717) is 0 Å². The van der Waals surface area contributed by atoms with Crippen LogP contribution in [0.1, 0.15) is 11.4 Å². The molecule has 0 radical (unpaired) electrons. The summed E-state index contributed by atoms with van der Waals surface area (Å²) in [7, 11) is -4.15. The van der Waals surface area contributed by atoms with E-state index in [9.17, 15) is 17.2 Å². The molecule has 4 N–H and O–H groups in total. The highest BCUT2D eigenvalue weighted by molar-refractivity contribution is 7.89. The number of aromatic nitrogens is 3. The number of nitrogens with two attached hydrogens (primary N) is 1. The molecule has 2 aromatic rings. The third-order valence-electron chi connectivity index (χ3n) is 2.54. The maximum absolute atomic E-state index is 13.9. The van der Waals surface area contributed by atoms with Crippen molar-refractivity contribution in [3.8, 4) is 0 Å². The molecule has 0 unspecified atom stereocenters. The molecule has 2 rings (SSSR count). The molecule has 0 amide bonds. The Kier molecular flexibility index (Phi) is 4.06. The molecule has 0 aliphatic carbocycles. The highest BCUT2D eigenvalue weighted by Crippen LogP contribution is 2.20. The second-order valence-corrected chi connectivity index (χ2v) is 5.53. The highest BCUT2D eigenvalue weighted by atomic mass is 32.2. The van der Waals surface area contributed by atoms with Crippen LogP contribution in [0.15, 0.2) is 23.4 Å². The van der Waals surface area contributed by atoms with Crippen LogP contribution in [0.4, 0.5) is 8.78 Å². The van der Waals surface area contributed by atoms with Crippen LogP contribution in [0.3, 0.4) is 0 Å². The largest absolute Gasteiger partial charge is 0.326 e. The number of hydrogen-bond acceptors (Lipinski definition) is 5. The summed E-state index contributed by atoms with van der Waals surface area (Å²) in [6.07, 6.45) is 1.20. The minimum Gasteiger partial charge on any atom is -0.326 e. The molecule has 0 fully saturated rings. The molecule has 0 bridgehead atoms. The van der Waals surface area contributed by atoms with E-state index in [4.69, 9.17) is 5.73 Å². The number of aromatic amines is 1. The summed E-state index contributed by atoms with van der Waals surface area (Å²) in [5.74, 6) is -1.83. The zero-order chi connectivity index (χ0) is 14.8. The van der Waals surface area contributed by atoms with Crippen molar-refractivity contribution in [2.75, 3.05) is 0 Å². The van der Waals surface area contributed by atoms with E-state index in [1.54, 1.807) is 0 Å². The van der Waals surface area contributed by atoms with Gasteiger partial charge in [0, 0.05) is 12.1 Å². The molecule has 0 saturated carbocycles. The van der Waals surface area contributed by atoms with E-state index in [2.05, 4.69) is 19.9 Å². The number of halogens is 2. The van der Waals surface area contributed by atoms with Gasteiger partial charge >= 0.3 is 0 Å². The summed E-state index contributed by atoms with van der Waals surface area (Å²) in [5.41, 5.74) is 4.72. The number of nitrogens with zero attached hydrogens (tertiary/aromatic N) is 2. The Morgan fingerprint density at radius 1 is 1.35 bits per heavy atom. The van der Waals surface area contributed by atoms with Crippen LogP contribution in [0.25, 0.3) is 0 Å². The second-order valence-electron chi connectivity index (χ2n) is 3.80. The number of rotatable bonds is 5. The molecule has 0 spiro atoms. The van der Waals surface area contributed by atoms with Crippen LogP contribution in [0.2, 0.25) is 0 Å². The Morgan fingerprint density at radius 2 is 2.10 bits per heavy atom. The molecule has 1 aromatic carbocycles. The molecule has 108 valence electrons. The average molecular weight is 303 g/mol. The van der Waals surface area contributed by atoms with Crippen LogP contribution in [-0.4, -0.2) is 23.6 Å². The standard InChI is InChI=1S/C10H11F2N5O2S/c11-7-1-2-8(10(12)6(7)3-13)20(18,19)16-4-9-14-5-15-17-9/h1-2,5,16H,3-4,13H2,(H,14,15,17). The van der Waals surface area contributed by atoms with Gasteiger partial charge in [0.05, 0.1) is 6.54 Å². The van der Waals surface area contributed by atoms with E-state index in [1.165, 1.54) is 6.33 Å². The van der Waals surface area contributed by atoms with Crippen LogP contribution in [0, 0.1) is 11.6 Å². The molecule has 1 heterocycles. The van der Waals surface area contributed by atoms with Gasteiger partial charge < -0.3 is 5.73 Å². The molecule has 20 heavy (non-hydrogen) atoms. The number of benzene rings is 1. The van der Waals surface area contributed by atoms with E-state index in [-0.39, 0.29) is 12.4 Å². The topological polar surface area (TPSA) is 114 Å². The van der Waals surface area contributed by atoms with Crippen molar-refractivity contribution in [1.82, 2.24) is 19.9 Å². The predicted octanol–water partition coefficient (Wildman–Crippen LogP) is 0.0201. The van der Waals surface area contributed by atoms with Gasteiger partial charge in [0.2, 0.25) is 10.0 Å². The summed E-state index contributed by atoms with van der Waals surface area (Å²) in [5, 5.41) is 5.99. The maximum Gasteiger partial charge on any atom is 0.243 e. The third-order valence-corrected chi connectivity index (χ3v) is 3.96. The van der Waals surface area contributed by atoms with Gasteiger partial charge in [0.1, 0.15) is 22.9 Å². The first-order valence-corrected chi connectivity index (χ1v) is 6.95. The first kappa shape index (κ1) is 14.5. The molecule has 7 nitrogen and oxygen atoms in total. The van der Waals surface area contributed by atoms with Crippen molar-refractivity contribution in [3.63, 3.8) is 0 Å². The Hall–Kier alpha value is -1.91.